The molecule has 0 bridgehead atoms. The second-order valence-electron chi connectivity index (χ2n) is 4.78. The van der Waals surface area contributed by atoms with E-state index in [0.29, 0.717) is 10.9 Å². The Kier molecular flexibility index (Phi) is 4.16. The molecule has 0 amide bonds. The van der Waals surface area contributed by atoms with Crippen LogP contribution in [0.15, 0.2) is 41.1 Å². The molecule has 0 aliphatic heterocycles. The van der Waals surface area contributed by atoms with Crippen molar-refractivity contribution in [3.05, 3.63) is 53.5 Å². The fraction of sp³-hybridized carbons (Fsp3) is 0.188. The average molecular weight is 333 g/mol. The van der Waals surface area contributed by atoms with Crippen molar-refractivity contribution in [1.29, 1.82) is 0 Å². The largest absolute Gasteiger partial charge is 0.480 e. The van der Waals surface area contributed by atoms with Crippen molar-refractivity contribution in [3.8, 4) is 5.75 Å². The van der Waals surface area contributed by atoms with E-state index >= 15 is 0 Å². The normalized spacial score (nSPS) is 12.1. The predicted molar refractivity (Wildman–Crippen MR) is 83.6 cm³/mol. The first kappa shape index (κ1) is 15.3. The van der Waals surface area contributed by atoms with Gasteiger partial charge in [0.2, 0.25) is 5.89 Å². The monoisotopic (exact) mass is 332 g/mol. The van der Waals surface area contributed by atoms with Crippen LogP contribution >= 0.6 is 11.6 Å². The summed E-state index contributed by atoms with van der Waals surface area (Å²) in [5.74, 6) is 0.342. The highest BCUT2D eigenvalue weighted by molar-refractivity contribution is 6.34. The van der Waals surface area contributed by atoms with Crippen LogP contribution in [0, 0.1) is 0 Å². The maximum atomic E-state index is 11.4. The molecule has 3 rings (SSSR count). The fourth-order valence-electron chi connectivity index (χ4n) is 2.16. The Balaban J connectivity index is 1.88. The number of carbonyl (C=O) groups excluding carboxylic acids is 1. The van der Waals surface area contributed by atoms with Crippen molar-refractivity contribution in [2.45, 2.75) is 13.0 Å². The third-order valence-corrected chi connectivity index (χ3v) is 3.59. The summed E-state index contributed by atoms with van der Waals surface area (Å²) in [6.07, 6.45) is 2.36. The lowest BCUT2D eigenvalue weighted by atomic mass is 10.1. The zero-order valence-electron chi connectivity index (χ0n) is 12.4. The molecule has 118 valence electrons. The molecule has 0 saturated carbocycles. The molecular weight excluding hydrogens is 320 g/mol. The number of esters is 1. The van der Waals surface area contributed by atoms with E-state index in [2.05, 4.69) is 14.7 Å². The minimum absolute atomic E-state index is 0.100. The number of rotatable bonds is 4. The van der Waals surface area contributed by atoms with Crippen molar-refractivity contribution in [1.82, 2.24) is 9.97 Å². The molecule has 3 aromatic rings. The minimum atomic E-state index is -0.560. The van der Waals surface area contributed by atoms with Gasteiger partial charge in [-0.05, 0) is 19.1 Å². The van der Waals surface area contributed by atoms with Gasteiger partial charge in [0.15, 0.2) is 11.8 Å². The fourth-order valence-corrected chi connectivity index (χ4v) is 2.38. The van der Waals surface area contributed by atoms with Gasteiger partial charge in [-0.1, -0.05) is 23.7 Å². The van der Waals surface area contributed by atoms with E-state index in [9.17, 15) is 4.79 Å². The lowest BCUT2D eigenvalue weighted by molar-refractivity contribution is 0.0594. The number of methoxy groups -OCH3 is 1. The van der Waals surface area contributed by atoms with Crippen LogP contribution < -0.4 is 4.74 Å². The van der Waals surface area contributed by atoms with Crippen LogP contribution in [0.4, 0.5) is 0 Å². The topological polar surface area (TPSA) is 74.5 Å². The molecule has 1 atom stereocenters. The van der Waals surface area contributed by atoms with Crippen LogP contribution in [-0.4, -0.2) is 23.0 Å². The van der Waals surface area contributed by atoms with E-state index in [-0.39, 0.29) is 11.6 Å². The van der Waals surface area contributed by atoms with Crippen molar-refractivity contribution >= 4 is 28.3 Å². The molecule has 2 heterocycles. The maximum absolute atomic E-state index is 11.4. The van der Waals surface area contributed by atoms with Gasteiger partial charge in [0, 0.05) is 17.0 Å². The number of oxazole rings is 1. The van der Waals surface area contributed by atoms with E-state index in [1.54, 1.807) is 13.1 Å². The SMILES string of the molecule is COC(=O)c1coc(C(C)Oc2cccc3c(Cl)nccc23)n1. The van der Waals surface area contributed by atoms with Crippen molar-refractivity contribution in [2.75, 3.05) is 7.11 Å². The Morgan fingerprint density at radius 1 is 1.30 bits per heavy atom. The first-order valence-corrected chi connectivity index (χ1v) is 7.21. The molecule has 0 fully saturated rings. The first-order chi connectivity index (χ1) is 11.1. The lowest BCUT2D eigenvalue weighted by Crippen LogP contribution is -2.06. The molecule has 0 saturated heterocycles. The van der Waals surface area contributed by atoms with Crippen molar-refractivity contribution in [2.24, 2.45) is 0 Å². The van der Waals surface area contributed by atoms with E-state index in [1.165, 1.54) is 13.4 Å². The number of aromatic nitrogens is 2. The lowest BCUT2D eigenvalue weighted by Gasteiger charge is -2.13. The Labute approximate surface area is 137 Å². The van der Waals surface area contributed by atoms with E-state index in [0.717, 1.165) is 10.8 Å². The van der Waals surface area contributed by atoms with Gasteiger partial charge in [0.25, 0.3) is 0 Å². The first-order valence-electron chi connectivity index (χ1n) is 6.83. The number of nitrogens with zero attached hydrogens (tertiary/aromatic N) is 2. The van der Waals surface area contributed by atoms with E-state index in [4.69, 9.17) is 20.8 Å². The van der Waals surface area contributed by atoms with Gasteiger partial charge in [-0.2, -0.15) is 0 Å². The average Bonchev–Trinajstić information content (AvgIpc) is 3.05. The number of pyridine rings is 1. The van der Waals surface area contributed by atoms with Crippen LogP contribution in [0.1, 0.15) is 29.4 Å². The van der Waals surface area contributed by atoms with Crippen LogP contribution in [0.25, 0.3) is 10.8 Å². The Morgan fingerprint density at radius 3 is 2.91 bits per heavy atom. The second kappa shape index (κ2) is 6.26. The molecule has 1 aromatic carbocycles. The zero-order valence-corrected chi connectivity index (χ0v) is 13.2. The Bertz CT molecular complexity index is 862. The zero-order chi connectivity index (χ0) is 16.4. The van der Waals surface area contributed by atoms with Crippen LogP contribution in [-0.2, 0) is 4.74 Å². The van der Waals surface area contributed by atoms with Gasteiger partial charge in [0.05, 0.1) is 7.11 Å². The molecule has 0 radical (unpaired) electrons. The molecule has 1 unspecified atom stereocenters. The van der Waals surface area contributed by atoms with Crippen LogP contribution in [0.5, 0.6) is 5.75 Å². The summed E-state index contributed by atoms with van der Waals surface area (Å²) in [5, 5.41) is 2.03. The maximum Gasteiger partial charge on any atom is 0.360 e. The number of benzene rings is 1. The number of carbonyl (C=O) groups is 1. The third kappa shape index (κ3) is 2.98. The standard InChI is InChI=1S/C16H13ClN2O4/c1-9(15-19-12(8-22-15)16(20)21-2)23-13-5-3-4-11-10(13)6-7-18-14(11)17/h3-9H,1-2H3. The summed E-state index contributed by atoms with van der Waals surface area (Å²) in [6.45, 7) is 1.77. The summed E-state index contributed by atoms with van der Waals surface area (Å²) in [5.41, 5.74) is 0.100. The summed E-state index contributed by atoms with van der Waals surface area (Å²) >= 11 is 6.09. The quantitative estimate of drug-likeness (QED) is 0.534. The molecule has 0 N–H and O–H groups in total. The molecule has 6 nitrogen and oxygen atoms in total. The molecular formula is C16H13ClN2O4. The number of halogens is 1. The number of ether oxygens (including phenoxy) is 2. The van der Waals surface area contributed by atoms with Gasteiger partial charge < -0.3 is 13.9 Å². The van der Waals surface area contributed by atoms with Gasteiger partial charge in [0.1, 0.15) is 17.2 Å². The second-order valence-corrected chi connectivity index (χ2v) is 5.13. The molecule has 0 aliphatic rings. The van der Waals surface area contributed by atoms with Crippen LogP contribution in [0.3, 0.4) is 0 Å². The van der Waals surface area contributed by atoms with Gasteiger partial charge in [-0.25, -0.2) is 14.8 Å². The number of fused-ring (bicyclic) bond motifs is 1. The highest BCUT2D eigenvalue weighted by Gasteiger charge is 2.19. The molecule has 23 heavy (non-hydrogen) atoms. The summed E-state index contributed by atoms with van der Waals surface area (Å²) in [7, 11) is 1.28. The summed E-state index contributed by atoms with van der Waals surface area (Å²) < 4.78 is 15.8. The highest BCUT2D eigenvalue weighted by Crippen LogP contribution is 2.31. The summed E-state index contributed by atoms with van der Waals surface area (Å²) in [4.78, 5) is 19.5. The predicted octanol–water partition coefficient (Wildman–Crippen LogP) is 3.80. The number of hydrogen-bond donors (Lipinski definition) is 0. The van der Waals surface area contributed by atoms with Crippen LogP contribution in [0.2, 0.25) is 5.15 Å². The smallest absolute Gasteiger partial charge is 0.360 e. The minimum Gasteiger partial charge on any atom is -0.480 e. The third-order valence-electron chi connectivity index (χ3n) is 3.29. The molecule has 2 aromatic heterocycles. The van der Waals surface area contributed by atoms with E-state index in [1.807, 2.05) is 24.3 Å². The van der Waals surface area contributed by atoms with Gasteiger partial charge in [-0.3, -0.25) is 0 Å². The molecule has 7 heteroatoms. The Hall–Kier alpha value is -2.60. The summed E-state index contributed by atoms with van der Waals surface area (Å²) in [6, 6.07) is 7.33. The van der Waals surface area contributed by atoms with Gasteiger partial charge in [-0.15, -0.1) is 0 Å². The molecule has 0 aliphatic carbocycles. The molecule has 0 spiro atoms. The number of hydrogen-bond acceptors (Lipinski definition) is 6. The van der Waals surface area contributed by atoms with E-state index < -0.39 is 12.1 Å². The highest BCUT2D eigenvalue weighted by atomic mass is 35.5. The van der Waals surface area contributed by atoms with Crippen molar-refractivity contribution in [3.63, 3.8) is 0 Å². The van der Waals surface area contributed by atoms with Gasteiger partial charge >= 0.3 is 5.97 Å². The van der Waals surface area contributed by atoms with Crippen molar-refractivity contribution < 1.29 is 18.7 Å². The Morgan fingerprint density at radius 2 is 2.13 bits per heavy atom.